The van der Waals surface area contributed by atoms with E-state index >= 15 is 0 Å². The van der Waals surface area contributed by atoms with Gasteiger partial charge in [-0.15, -0.1) is 4.33 Å². The maximum atomic E-state index is 12.4. The summed E-state index contributed by atoms with van der Waals surface area (Å²) in [6.07, 6.45) is -28.9. The Morgan fingerprint density at radius 1 is 0.662 bits per heavy atom. The zero-order valence-electron chi connectivity index (χ0n) is 39.9. The molecule has 3 saturated heterocycles. The van der Waals surface area contributed by atoms with E-state index in [1.165, 1.54) is 13.8 Å². The second-order valence-corrected chi connectivity index (χ2v) is 20.5. The van der Waals surface area contributed by atoms with Crippen molar-refractivity contribution in [3.05, 3.63) is 0 Å². The molecule has 38 nitrogen and oxygen atoms in total. The van der Waals surface area contributed by atoms with Crippen LogP contribution in [-0.4, -0.2) is 254 Å². The number of aliphatic hydroxyl groups is 5. The molecule has 12 N–H and O–H groups in total. The summed E-state index contributed by atoms with van der Waals surface area (Å²) in [6.45, 7) is -0.0845. The molecule has 1 amide bonds. The summed E-state index contributed by atoms with van der Waals surface area (Å²) >= 11 is 0.0316. The Balaban J connectivity index is 1.39. The highest BCUT2D eigenvalue weighted by Crippen LogP contribution is 2.37. The molecular weight excluding hydrogens is 1150 g/mol. The van der Waals surface area contributed by atoms with Crippen LogP contribution in [0.5, 0.6) is 0 Å². The summed E-state index contributed by atoms with van der Waals surface area (Å²) in [6, 6.07) is -1.77. The summed E-state index contributed by atoms with van der Waals surface area (Å²) in [5, 5.41) is 93.3. The predicted octanol–water partition coefficient (Wildman–Crippen LogP) is -5.70. The molecule has 0 aromatic carbocycles. The minimum Gasteiger partial charge on any atom is -0.481 e. The number of aliphatic hydroxyl groups excluding tert-OH is 5. The van der Waals surface area contributed by atoms with Crippen molar-refractivity contribution in [2.24, 2.45) is 28.1 Å². The lowest BCUT2D eigenvalue weighted by Crippen LogP contribution is -2.68. The van der Waals surface area contributed by atoms with E-state index in [-0.39, 0.29) is 25.5 Å². The number of carbonyl (C=O) groups is 3. The third kappa shape index (κ3) is 20.3. The molecule has 0 radical (unpaired) electrons. The Labute approximate surface area is 440 Å². The van der Waals surface area contributed by atoms with Crippen LogP contribution < -0.4 is 5.32 Å². The van der Waals surface area contributed by atoms with E-state index in [9.17, 15) is 89.0 Å². The van der Waals surface area contributed by atoms with Crippen LogP contribution in [0.2, 0.25) is 0 Å². The Morgan fingerprint density at radius 2 is 1.22 bits per heavy atom. The van der Waals surface area contributed by atoms with Gasteiger partial charge in [-0.25, -0.2) is 22.6 Å². The van der Waals surface area contributed by atoms with Gasteiger partial charge in [-0.1, -0.05) is 29.2 Å². The number of ether oxygens (including phenoxy) is 7. The van der Waals surface area contributed by atoms with Crippen LogP contribution in [0.4, 0.5) is 0 Å². The summed E-state index contributed by atoms with van der Waals surface area (Å²) in [5.41, 5.74) is 0. The minimum absolute atomic E-state index is 0.0316. The Morgan fingerprint density at radius 3 is 1.75 bits per heavy atom. The Kier molecular flexibility index (Phi) is 25.7. The topological polar surface area (TPSA) is 551 Å². The van der Waals surface area contributed by atoms with E-state index in [0.717, 1.165) is 19.4 Å². The van der Waals surface area contributed by atoms with Crippen LogP contribution in [0.15, 0.2) is 10.3 Å². The molecule has 10 unspecified atom stereocenters. The fourth-order valence-corrected chi connectivity index (χ4v) is 9.62. The molecule has 0 spiro atoms. The molecule has 4 rings (SSSR count). The van der Waals surface area contributed by atoms with E-state index in [1.807, 2.05) is 0 Å². The second kappa shape index (κ2) is 29.9. The molecule has 42 heteroatoms. The summed E-state index contributed by atoms with van der Waals surface area (Å²) in [7, 11) is -16.2. The molecule has 0 aromatic heterocycles. The number of aliphatic carboxylic acids is 2. The minimum atomic E-state index is -5.55. The lowest BCUT2D eigenvalue weighted by atomic mass is 9.80. The van der Waals surface area contributed by atoms with E-state index in [0.29, 0.717) is 0 Å². The molecule has 446 valence electrons. The van der Waals surface area contributed by atoms with Crippen molar-refractivity contribution in [3.63, 3.8) is 0 Å². The van der Waals surface area contributed by atoms with Gasteiger partial charge < -0.3 is 83.9 Å². The van der Waals surface area contributed by atoms with Gasteiger partial charge in [0.1, 0.15) is 54.9 Å². The fraction of sp³-hybridized carbons (Fsp3) is 0.857. The van der Waals surface area contributed by atoms with Crippen LogP contribution >= 0.6 is 12.3 Å². The standard InChI is InChI=1S/C35H57N3O35S4/c1-13-21(40)25(44)35(69-27(13)32(47)48)68-26-14(2)33(66-18(11-63-74-73-72-49)28(26)70-76(53,54)55)59-6-4-36-61-8-9-62-37-5-7-60-34-20(38-15(3)39)30(65-17-10-16(31(45)46)22(41)24(43)23(17)42)29(71-77(56,57)58)19(67-34)12-64-75(50,51)52/h4-5,13-14,16-30,33-35,40-44,49H,6-12H2,1-3H3,(H,38,39)(H,45,46)(H,47,48)(H,50,51,52)(H,53,54,55)(H,56,57,58)/b36-4-,37-5-/t13?,14?,16?,17-,18-,19?,20?,21?,22-,23?,24+,25?,26?,27+,28?,29+,30-,33+,34-,35+/m1/s1. The largest absolute Gasteiger partial charge is 0.481 e. The van der Waals surface area contributed by atoms with E-state index in [4.69, 9.17) is 60.6 Å². The molecule has 3 heterocycles. The molecule has 3 aliphatic heterocycles. The van der Waals surface area contributed by atoms with Gasteiger partial charge >= 0.3 is 43.1 Å². The first-order chi connectivity index (χ1) is 35.9. The van der Waals surface area contributed by atoms with Gasteiger partial charge in [0.25, 0.3) is 0 Å². The molecule has 77 heavy (non-hydrogen) atoms. The fourth-order valence-electron chi connectivity index (χ4n) is 8.04. The third-order valence-electron chi connectivity index (χ3n) is 11.5. The zero-order chi connectivity index (χ0) is 57.6. The monoisotopic (exact) mass is 1210 g/mol. The number of carbonyl (C=O) groups excluding carboxylic acids is 1. The summed E-state index contributed by atoms with van der Waals surface area (Å²) in [5.74, 6) is -8.18. The molecular formula is C35H57N3O35S4. The lowest BCUT2D eigenvalue weighted by Gasteiger charge is -2.48. The summed E-state index contributed by atoms with van der Waals surface area (Å²) < 4.78 is 162. The predicted molar refractivity (Wildman–Crippen MR) is 238 cm³/mol. The van der Waals surface area contributed by atoms with Gasteiger partial charge in [-0.2, -0.15) is 25.3 Å². The number of hydrogen-bond acceptors (Lipinski definition) is 33. The molecule has 0 aromatic rings. The van der Waals surface area contributed by atoms with E-state index < -0.39 is 204 Å². The van der Waals surface area contributed by atoms with E-state index in [1.54, 1.807) is 0 Å². The molecule has 4 aliphatic rings. The van der Waals surface area contributed by atoms with Crippen LogP contribution in [-0.2, 0) is 115 Å². The molecule has 1 saturated carbocycles. The van der Waals surface area contributed by atoms with Gasteiger partial charge in [0.2, 0.25) is 5.91 Å². The first-order valence-electron chi connectivity index (χ1n) is 22.0. The molecule has 1 aliphatic carbocycles. The van der Waals surface area contributed by atoms with Gasteiger partial charge in [0.05, 0.1) is 69.2 Å². The Bertz CT molecular complexity index is 2300. The highest BCUT2D eigenvalue weighted by Gasteiger charge is 2.56. The van der Waals surface area contributed by atoms with Gasteiger partial charge in [0.15, 0.2) is 50.5 Å². The van der Waals surface area contributed by atoms with Gasteiger partial charge in [0, 0.05) is 18.8 Å². The van der Waals surface area contributed by atoms with Crippen LogP contribution in [0.1, 0.15) is 27.2 Å². The SMILES string of the molecule is CC(=O)NC1[C@H](OC/C=N\OCCO/N=C\CO[C@H]2O[C@H](COSOOO)C(OS(=O)(=O)O)C(O[C@H]3O[C@H](C(=O)O)C(C)C(O)C3O)C2C)OC(COS(=O)(=O)O)[C@H](OS(=O)(=O)O)[C@@H]1O[C@@H]1CC(C(=O)O)[C@@H](O)[C@H](O)C1O. The lowest BCUT2D eigenvalue weighted by molar-refractivity contribution is -0.434. The number of hydrogen-bond donors (Lipinski definition) is 12. The Hall–Kier alpha value is -3.33. The quantitative estimate of drug-likeness (QED) is 0.00796. The van der Waals surface area contributed by atoms with Crippen molar-refractivity contribution in [1.82, 2.24) is 5.32 Å². The second-order valence-electron chi connectivity index (χ2n) is 16.8. The normalized spacial score (nSPS) is 36.4. The number of amides is 1. The van der Waals surface area contributed by atoms with Crippen LogP contribution in [0, 0.1) is 17.8 Å². The highest BCUT2D eigenvalue weighted by molar-refractivity contribution is 7.89. The van der Waals surface area contributed by atoms with Crippen molar-refractivity contribution in [1.29, 1.82) is 0 Å². The average Bonchev–Trinajstić information content (AvgIpc) is 3.32. The van der Waals surface area contributed by atoms with Crippen molar-refractivity contribution in [2.75, 3.05) is 39.6 Å². The molecule has 20 atom stereocenters. The van der Waals surface area contributed by atoms with Crippen molar-refractivity contribution < 1.29 is 163 Å². The number of nitrogens with one attached hydrogen (secondary N) is 1. The van der Waals surface area contributed by atoms with Gasteiger partial charge in [-0.3, -0.25) is 27.4 Å². The average molecular weight is 1210 g/mol. The maximum absolute atomic E-state index is 12.4. The van der Waals surface area contributed by atoms with Crippen molar-refractivity contribution in [3.8, 4) is 0 Å². The smallest absolute Gasteiger partial charge is 0.397 e. The maximum Gasteiger partial charge on any atom is 0.397 e. The first-order valence-corrected chi connectivity index (χ1v) is 26.8. The number of carboxylic acid groups (broad SMARTS) is 2. The number of oxime groups is 2. The third-order valence-corrected chi connectivity index (χ3v) is 13.2. The van der Waals surface area contributed by atoms with Crippen LogP contribution in [0.25, 0.3) is 0 Å². The molecule has 0 bridgehead atoms. The number of rotatable bonds is 30. The molecule has 4 fully saturated rings. The number of carboxylic acids is 2. The van der Waals surface area contributed by atoms with Crippen molar-refractivity contribution >= 4 is 73.8 Å². The van der Waals surface area contributed by atoms with Crippen LogP contribution in [0.3, 0.4) is 0 Å². The van der Waals surface area contributed by atoms with Crippen molar-refractivity contribution in [2.45, 2.75) is 131 Å². The first kappa shape index (κ1) is 66.2. The van der Waals surface area contributed by atoms with Gasteiger partial charge in [-0.05, 0) is 6.42 Å². The zero-order valence-corrected chi connectivity index (χ0v) is 43.2. The summed E-state index contributed by atoms with van der Waals surface area (Å²) in [4.78, 5) is 46.3. The van der Waals surface area contributed by atoms with E-state index in [2.05, 4.69) is 29.2 Å². The highest BCUT2D eigenvalue weighted by atomic mass is 32.3. The number of nitrogens with zero attached hydrogens (tertiary/aromatic N) is 2.